The third-order valence-electron chi connectivity index (χ3n) is 2.71. The molecular formula is C12H14N4O2. The van der Waals surface area contributed by atoms with Crippen molar-refractivity contribution in [1.82, 2.24) is 5.16 Å². The molecule has 0 atom stereocenters. The zero-order valence-electron chi connectivity index (χ0n) is 10.2. The molecule has 0 aliphatic carbocycles. The minimum Gasteiger partial charge on any atom is -0.338 e. The van der Waals surface area contributed by atoms with Gasteiger partial charge in [-0.1, -0.05) is 17.3 Å². The van der Waals surface area contributed by atoms with Crippen LogP contribution in [0, 0.1) is 13.8 Å². The number of carbonyl (C=O) groups is 1. The molecule has 1 aromatic heterocycles. The SMILES string of the molecule is Cc1noc(NC(=O)c2ccccc2NN)c1C. The predicted octanol–water partition coefficient (Wildman–Crippen LogP) is 1.83. The third kappa shape index (κ3) is 2.18. The molecule has 0 radical (unpaired) electrons. The Hall–Kier alpha value is -2.34. The molecule has 2 aromatic rings. The summed E-state index contributed by atoms with van der Waals surface area (Å²) < 4.78 is 5.03. The number of nitrogen functional groups attached to an aromatic ring is 1. The van der Waals surface area contributed by atoms with E-state index < -0.39 is 0 Å². The molecule has 0 saturated carbocycles. The largest absolute Gasteiger partial charge is 0.338 e. The van der Waals surface area contributed by atoms with Gasteiger partial charge in [-0.2, -0.15) is 0 Å². The number of aryl methyl sites for hydroxylation is 1. The molecule has 4 N–H and O–H groups in total. The van der Waals surface area contributed by atoms with Crippen LogP contribution < -0.4 is 16.6 Å². The maximum Gasteiger partial charge on any atom is 0.260 e. The van der Waals surface area contributed by atoms with Crippen LogP contribution in [0.5, 0.6) is 0 Å². The molecule has 0 aliphatic heterocycles. The summed E-state index contributed by atoms with van der Waals surface area (Å²) in [6.45, 7) is 3.64. The minimum absolute atomic E-state index is 0.303. The summed E-state index contributed by atoms with van der Waals surface area (Å²) in [4.78, 5) is 12.1. The summed E-state index contributed by atoms with van der Waals surface area (Å²) >= 11 is 0. The van der Waals surface area contributed by atoms with E-state index in [0.29, 0.717) is 17.1 Å². The average Bonchev–Trinajstić information content (AvgIpc) is 2.70. The van der Waals surface area contributed by atoms with Crippen LogP contribution in [0.3, 0.4) is 0 Å². The van der Waals surface area contributed by atoms with Crippen molar-refractivity contribution in [3.63, 3.8) is 0 Å². The van der Waals surface area contributed by atoms with Crippen molar-refractivity contribution in [2.45, 2.75) is 13.8 Å². The summed E-state index contributed by atoms with van der Waals surface area (Å²) in [5.74, 6) is 5.40. The highest BCUT2D eigenvalue weighted by atomic mass is 16.5. The van der Waals surface area contributed by atoms with Gasteiger partial charge < -0.3 is 9.95 Å². The maximum absolute atomic E-state index is 12.1. The molecule has 0 unspecified atom stereocenters. The molecule has 18 heavy (non-hydrogen) atoms. The van der Waals surface area contributed by atoms with E-state index in [1.54, 1.807) is 24.3 Å². The van der Waals surface area contributed by atoms with Gasteiger partial charge in [0.15, 0.2) is 0 Å². The zero-order chi connectivity index (χ0) is 13.1. The maximum atomic E-state index is 12.1. The van der Waals surface area contributed by atoms with Crippen LogP contribution in [-0.4, -0.2) is 11.1 Å². The Bertz CT molecular complexity index is 577. The van der Waals surface area contributed by atoms with Crippen molar-refractivity contribution in [3.05, 3.63) is 41.1 Å². The van der Waals surface area contributed by atoms with Crippen molar-refractivity contribution >= 4 is 17.5 Å². The van der Waals surface area contributed by atoms with Gasteiger partial charge in [0.2, 0.25) is 5.88 Å². The molecule has 0 saturated heterocycles. The second-order valence-electron chi connectivity index (χ2n) is 3.87. The Balaban J connectivity index is 2.25. The van der Waals surface area contributed by atoms with Crippen LogP contribution in [-0.2, 0) is 0 Å². The van der Waals surface area contributed by atoms with Gasteiger partial charge in [0.25, 0.3) is 5.91 Å². The lowest BCUT2D eigenvalue weighted by Gasteiger charge is -2.07. The summed E-state index contributed by atoms with van der Waals surface area (Å²) in [5.41, 5.74) is 5.01. The number of para-hydroxylation sites is 1. The monoisotopic (exact) mass is 246 g/mol. The number of aromatic nitrogens is 1. The predicted molar refractivity (Wildman–Crippen MR) is 68.2 cm³/mol. The number of hydrogen-bond acceptors (Lipinski definition) is 5. The van der Waals surface area contributed by atoms with E-state index in [-0.39, 0.29) is 5.91 Å². The van der Waals surface area contributed by atoms with Crippen LogP contribution in [0.15, 0.2) is 28.8 Å². The zero-order valence-corrected chi connectivity index (χ0v) is 10.2. The lowest BCUT2D eigenvalue weighted by molar-refractivity contribution is 0.102. The van der Waals surface area contributed by atoms with E-state index in [1.165, 1.54) is 0 Å². The molecule has 0 fully saturated rings. The molecule has 0 bridgehead atoms. The number of rotatable bonds is 3. The first-order valence-corrected chi connectivity index (χ1v) is 5.43. The normalized spacial score (nSPS) is 10.2. The van der Waals surface area contributed by atoms with Crippen molar-refractivity contribution < 1.29 is 9.32 Å². The molecule has 6 nitrogen and oxygen atoms in total. The second-order valence-corrected chi connectivity index (χ2v) is 3.87. The summed E-state index contributed by atoms with van der Waals surface area (Å²) in [6, 6.07) is 6.93. The highest BCUT2D eigenvalue weighted by Crippen LogP contribution is 2.20. The molecule has 1 amide bonds. The fourth-order valence-corrected chi connectivity index (χ4v) is 1.51. The standard InChI is InChI=1S/C12H14N4O2/c1-7-8(2)16-18-12(7)14-11(17)9-5-3-4-6-10(9)15-13/h3-6,15H,13H2,1-2H3,(H,14,17). The van der Waals surface area contributed by atoms with Crippen LogP contribution >= 0.6 is 0 Å². The van der Waals surface area contributed by atoms with Gasteiger partial charge >= 0.3 is 0 Å². The minimum atomic E-state index is -0.303. The number of benzene rings is 1. The second kappa shape index (κ2) is 4.89. The lowest BCUT2D eigenvalue weighted by Crippen LogP contribution is -2.17. The number of hydrazine groups is 1. The number of nitrogens with two attached hydrogens (primary N) is 1. The number of hydrogen-bond donors (Lipinski definition) is 3. The van der Waals surface area contributed by atoms with E-state index >= 15 is 0 Å². The Kier molecular flexibility index (Phi) is 3.29. The Morgan fingerprint density at radius 1 is 1.33 bits per heavy atom. The van der Waals surface area contributed by atoms with Crippen molar-refractivity contribution in [2.75, 3.05) is 10.7 Å². The topological polar surface area (TPSA) is 93.2 Å². The molecular weight excluding hydrogens is 232 g/mol. The van der Waals surface area contributed by atoms with Gasteiger partial charge in [-0.3, -0.25) is 16.0 Å². The van der Waals surface area contributed by atoms with Crippen LogP contribution in [0.2, 0.25) is 0 Å². The molecule has 0 spiro atoms. The van der Waals surface area contributed by atoms with Crippen molar-refractivity contribution in [3.8, 4) is 0 Å². The summed E-state index contributed by atoms with van der Waals surface area (Å²) in [7, 11) is 0. The van der Waals surface area contributed by atoms with Gasteiger partial charge in [-0.05, 0) is 26.0 Å². The number of amides is 1. The highest BCUT2D eigenvalue weighted by molar-refractivity contribution is 6.07. The van der Waals surface area contributed by atoms with Gasteiger partial charge in [-0.15, -0.1) is 0 Å². The van der Waals surface area contributed by atoms with Gasteiger partial charge in [-0.25, -0.2) is 0 Å². The quantitative estimate of drug-likeness (QED) is 0.567. The number of nitrogens with one attached hydrogen (secondary N) is 2. The van der Waals surface area contributed by atoms with Crippen molar-refractivity contribution in [2.24, 2.45) is 5.84 Å². The molecule has 94 valence electrons. The Labute approximate surface area is 104 Å². The number of nitrogens with zero attached hydrogens (tertiary/aromatic N) is 1. The van der Waals surface area contributed by atoms with E-state index in [9.17, 15) is 4.79 Å². The molecule has 0 aliphatic rings. The van der Waals surface area contributed by atoms with Gasteiger partial charge in [0.05, 0.1) is 16.9 Å². The van der Waals surface area contributed by atoms with E-state index in [2.05, 4.69) is 15.9 Å². The van der Waals surface area contributed by atoms with Crippen LogP contribution in [0.1, 0.15) is 21.6 Å². The highest BCUT2D eigenvalue weighted by Gasteiger charge is 2.15. The van der Waals surface area contributed by atoms with E-state index in [1.807, 2.05) is 13.8 Å². The summed E-state index contributed by atoms with van der Waals surface area (Å²) in [5, 5.41) is 6.43. The smallest absolute Gasteiger partial charge is 0.260 e. The lowest BCUT2D eigenvalue weighted by atomic mass is 10.1. The fraction of sp³-hybridized carbons (Fsp3) is 0.167. The van der Waals surface area contributed by atoms with E-state index in [4.69, 9.17) is 10.4 Å². The van der Waals surface area contributed by atoms with Gasteiger partial charge in [0.1, 0.15) is 0 Å². The third-order valence-corrected chi connectivity index (χ3v) is 2.71. The van der Waals surface area contributed by atoms with Crippen LogP contribution in [0.25, 0.3) is 0 Å². The first-order chi connectivity index (χ1) is 8.63. The first kappa shape index (κ1) is 12.1. The van der Waals surface area contributed by atoms with Gasteiger partial charge in [0, 0.05) is 5.56 Å². The van der Waals surface area contributed by atoms with Crippen molar-refractivity contribution in [1.29, 1.82) is 0 Å². The molecule has 1 aromatic carbocycles. The fourth-order valence-electron chi connectivity index (χ4n) is 1.51. The average molecular weight is 246 g/mol. The van der Waals surface area contributed by atoms with Crippen LogP contribution in [0.4, 0.5) is 11.6 Å². The first-order valence-electron chi connectivity index (χ1n) is 5.43. The molecule has 6 heteroatoms. The Morgan fingerprint density at radius 3 is 2.67 bits per heavy atom. The molecule has 2 rings (SSSR count). The summed E-state index contributed by atoms with van der Waals surface area (Å²) in [6.07, 6.45) is 0. The molecule has 1 heterocycles. The number of anilines is 2. The van der Waals surface area contributed by atoms with E-state index in [0.717, 1.165) is 11.3 Å². The number of carbonyl (C=O) groups excluding carboxylic acids is 1. The Morgan fingerprint density at radius 2 is 2.06 bits per heavy atom.